The number of hydrogen-bond donors (Lipinski definition) is 0. The molecule has 0 aliphatic rings. The molecule has 1 unspecified atom stereocenters. The molecule has 35 heavy (non-hydrogen) atoms. The van der Waals surface area contributed by atoms with E-state index in [9.17, 15) is 0 Å². The van der Waals surface area contributed by atoms with Gasteiger partial charge in [0.25, 0.3) is 0 Å². The average molecular weight is 462 g/mol. The zero-order valence-electron chi connectivity index (χ0n) is 21.3. The predicted molar refractivity (Wildman–Crippen MR) is 150 cm³/mol. The quantitative estimate of drug-likeness (QED) is 0.209. The third kappa shape index (κ3) is 6.71. The van der Waals surface area contributed by atoms with Crippen LogP contribution in [0.1, 0.15) is 36.1 Å². The molecule has 180 valence electrons. The van der Waals surface area contributed by atoms with Crippen LogP contribution in [0.3, 0.4) is 0 Å². The molecule has 0 N–H and O–H groups in total. The van der Waals surface area contributed by atoms with Gasteiger partial charge in [-0.2, -0.15) is 0 Å². The summed E-state index contributed by atoms with van der Waals surface area (Å²) >= 11 is 0. The molecule has 1 atom stereocenters. The monoisotopic (exact) mass is 461 g/mol. The Labute approximate surface area is 212 Å². The van der Waals surface area contributed by atoms with E-state index in [4.69, 9.17) is 0 Å². The van der Waals surface area contributed by atoms with E-state index in [-0.39, 0.29) is 5.41 Å². The first-order chi connectivity index (χ1) is 17.2. The lowest BCUT2D eigenvalue weighted by molar-refractivity contribution is 0.0663. The van der Waals surface area contributed by atoms with Gasteiger partial charge in [-0.1, -0.05) is 135 Å². The van der Waals surface area contributed by atoms with Gasteiger partial charge in [0.05, 0.1) is 0 Å². The Balaban J connectivity index is 1.87. The van der Waals surface area contributed by atoms with Crippen LogP contribution in [0.4, 0.5) is 0 Å². The second kappa shape index (κ2) is 12.5. The predicted octanol–water partition coefficient (Wildman–Crippen LogP) is 7.65. The van der Waals surface area contributed by atoms with E-state index >= 15 is 0 Å². The van der Waals surface area contributed by atoms with Crippen molar-refractivity contribution < 1.29 is 0 Å². The van der Waals surface area contributed by atoms with Crippen LogP contribution in [0.25, 0.3) is 0 Å². The minimum atomic E-state index is 0.0337. The van der Waals surface area contributed by atoms with Gasteiger partial charge in [-0.05, 0) is 66.4 Å². The average Bonchev–Trinajstić information content (AvgIpc) is 2.91. The maximum Gasteiger partial charge on any atom is 0.0201 e. The lowest BCUT2D eigenvalue weighted by Gasteiger charge is -2.47. The molecule has 0 heterocycles. The first kappa shape index (κ1) is 24.9. The van der Waals surface area contributed by atoms with Gasteiger partial charge >= 0.3 is 0 Å². The molecule has 1 heteroatoms. The van der Waals surface area contributed by atoms with Gasteiger partial charge in [-0.25, -0.2) is 0 Å². The molecular weight excluding hydrogens is 422 g/mol. The van der Waals surface area contributed by atoms with Crippen molar-refractivity contribution in [3.05, 3.63) is 144 Å². The van der Waals surface area contributed by atoms with E-state index in [0.717, 1.165) is 38.8 Å². The van der Waals surface area contributed by atoms with Crippen molar-refractivity contribution in [1.82, 2.24) is 4.90 Å². The van der Waals surface area contributed by atoms with Gasteiger partial charge in [0, 0.05) is 6.04 Å². The van der Waals surface area contributed by atoms with Gasteiger partial charge in [0.15, 0.2) is 0 Å². The fourth-order valence-electron chi connectivity index (χ4n) is 5.78. The number of nitrogens with zero attached hydrogens (tertiary/aromatic N) is 1. The zero-order chi connectivity index (χ0) is 24.3. The van der Waals surface area contributed by atoms with Gasteiger partial charge < -0.3 is 4.90 Å². The smallest absolute Gasteiger partial charge is 0.0201 e. The van der Waals surface area contributed by atoms with Gasteiger partial charge in [-0.15, -0.1) is 0 Å². The molecule has 4 rings (SSSR count). The Bertz CT molecular complexity index is 1000. The molecule has 4 aromatic rings. The van der Waals surface area contributed by atoms with E-state index < -0.39 is 0 Å². The molecular formula is C34H39N. The summed E-state index contributed by atoms with van der Waals surface area (Å²) < 4.78 is 0. The first-order valence-corrected chi connectivity index (χ1v) is 13.1. The molecule has 0 aromatic heterocycles. The van der Waals surface area contributed by atoms with Crippen molar-refractivity contribution in [1.29, 1.82) is 0 Å². The van der Waals surface area contributed by atoms with Crippen LogP contribution in [-0.2, 0) is 25.7 Å². The van der Waals surface area contributed by atoms with Gasteiger partial charge in [-0.3, -0.25) is 0 Å². The first-order valence-electron chi connectivity index (χ1n) is 13.1. The van der Waals surface area contributed by atoms with Gasteiger partial charge in [0.2, 0.25) is 0 Å². The standard InChI is InChI=1S/C34H39N/c1-3-35(4-2)33(25-29-17-9-5-10-18-29)34(26-30-19-11-6-12-20-30,27-31-21-13-7-14-22-31)28-32-23-15-8-16-24-32/h5-24,33H,3-4,25-28H2,1-2H3. The van der Waals surface area contributed by atoms with Crippen molar-refractivity contribution in [3.8, 4) is 0 Å². The largest absolute Gasteiger partial charge is 0.300 e. The van der Waals surface area contributed by atoms with Crippen LogP contribution in [0.5, 0.6) is 0 Å². The van der Waals surface area contributed by atoms with E-state index in [1.807, 2.05) is 0 Å². The lowest BCUT2D eigenvalue weighted by atomic mass is 9.65. The Hall–Kier alpha value is -3.16. The van der Waals surface area contributed by atoms with Crippen molar-refractivity contribution in [2.75, 3.05) is 13.1 Å². The van der Waals surface area contributed by atoms with Crippen molar-refractivity contribution in [3.63, 3.8) is 0 Å². The summed E-state index contributed by atoms with van der Waals surface area (Å²) in [6.07, 6.45) is 4.19. The molecule has 0 saturated heterocycles. The highest BCUT2D eigenvalue weighted by molar-refractivity contribution is 5.27. The summed E-state index contributed by atoms with van der Waals surface area (Å²) in [5.41, 5.74) is 5.72. The van der Waals surface area contributed by atoms with Crippen LogP contribution in [0, 0.1) is 5.41 Å². The normalized spacial score (nSPS) is 12.5. The van der Waals surface area contributed by atoms with Crippen LogP contribution >= 0.6 is 0 Å². The molecule has 0 aliphatic heterocycles. The van der Waals surface area contributed by atoms with E-state index in [2.05, 4.69) is 140 Å². The fraction of sp³-hybridized carbons (Fsp3) is 0.294. The highest BCUT2D eigenvalue weighted by atomic mass is 15.2. The third-order valence-corrected chi connectivity index (χ3v) is 7.43. The molecule has 0 fully saturated rings. The molecule has 0 radical (unpaired) electrons. The molecule has 0 spiro atoms. The minimum absolute atomic E-state index is 0.0337. The van der Waals surface area contributed by atoms with Crippen LogP contribution < -0.4 is 0 Å². The Kier molecular flexibility index (Phi) is 8.92. The highest BCUT2D eigenvalue weighted by Crippen LogP contribution is 2.40. The van der Waals surface area contributed by atoms with Crippen LogP contribution in [0.15, 0.2) is 121 Å². The Morgan fingerprint density at radius 2 is 0.800 bits per heavy atom. The molecule has 1 nitrogen and oxygen atoms in total. The topological polar surface area (TPSA) is 3.24 Å². The Morgan fingerprint density at radius 1 is 0.486 bits per heavy atom. The number of likely N-dealkylation sites (N-methyl/N-ethyl adjacent to an activating group) is 1. The third-order valence-electron chi connectivity index (χ3n) is 7.43. The summed E-state index contributed by atoms with van der Waals surface area (Å²) in [7, 11) is 0. The molecule has 0 saturated carbocycles. The zero-order valence-corrected chi connectivity index (χ0v) is 21.3. The second-order valence-electron chi connectivity index (χ2n) is 9.78. The number of hydrogen-bond acceptors (Lipinski definition) is 1. The summed E-state index contributed by atoms with van der Waals surface area (Å²) in [4.78, 5) is 2.71. The van der Waals surface area contributed by atoms with Crippen molar-refractivity contribution in [2.24, 2.45) is 5.41 Å². The summed E-state index contributed by atoms with van der Waals surface area (Å²) in [6, 6.07) is 44.9. The molecule has 4 aromatic carbocycles. The second-order valence-corrected chi connectivity index (χ2v) is 9.78. The van der Waals surface area contributed by atoms with E-state index in [1.54, 1.807) is 0 Å². The fourth-order valence-corrected chi connectivity index (χ4v) is 5.78. The number of benzene rings is 4. The summed E-state index contributed by atoms with van der Waals surface area (Å²) in [6.45, 7) is 6.74. The van der Waals surface area contributed by atoms with E-state index in [1.165, 1.54) is 22.3 Å². The Morgan fingerprint density at radius 3 is 1.11 bits per heavy atom. The van der Waals surface area contributed by atoms with Gasteiger partial charge in [0.1, 0.15) is 0 Å². The van der Waals surface area contributed by atoms with Crippen molar-refractivity contribution >= 4 is 0 Å². The summed E-state index contributed by atoms with van der Waals surface area (Å²) in [5.74, 6) is 0. The molecule has 0 aliphatic carbocycles. The van der Waals surface area contributed by atoms with E-state index in [0.29, 0.717) is 6.04 Å². The van der Waals surface area contributed by atoms with Crippen LogP contribution in [-0.4, -0.2) is 24.0 Å². The molecule has 0 amide bonds. The highest BCUT2D eigenvalue weighted by Gasteiger charge is 2.41. The van der Waals surface area contributed by atoms with Crippen molar-refractivity contribution in [2.45, 2.75) is 45.6 Å². The maximum absolute atomic E-state index is 2.71. The summed E-state index contributed by atoms with van der Waals surface area (Å²) in [5, 5.41) is 0. The SMILES string of the molecule is CCN(CC)C(Cc1ccccc1)C(Cc1ccccc1)(Cc1ccccc1)Cc1ccccc1. The maximum atomic E-state index is 2.71. The van der Waals surface area contributed by atoms with Crippen LogP contribution in [0.2, 0.25) is 0 Å². The minimum Gasteiger partial charge on any atom is -0.300 e. The molecule has 0 bridgehead atoms. The lowest BCUT2D eigenvalue weighted by Crippen LogP contribution is -2.53. The number of rotatable bonds is 12.